The van der Waals surface area contributed by atoms with Crippen molar-refractivity contribution >= 4 is 30.1 Å². The van der Waals surface area contributed by atoms with E-state index >= 15 is 0 Å². The van der Waals surface area contributed by atoms with Crippen molar-refractivity contribution in [2.75, 3.05) is 13.1 Å². The normalized spacial score (nSPS) is 15.7. The lowest BCUT2D eigenvalue weighted by atomic mass is 10.2. The van der Waals surface area contributed by atoms with E-state index in [-0.39, 0.29) is 37.6 Å². The summed E-state index contributed by atoms with van der Waals surface area (Å²) in [7, 11) is 0. The van der Waals surface area contributed by atoms with Crippen LogP contribution in [0.3, 0.4) is 0 Å². The Morgan fingerprint density at radius 1 is 1.18 bits per heavy atom. The number of aliphatic hydroxyl groups is 1. The van der Waals surface area contributed by atoms with Crippen molar-refractivity contribution in [3.8, 4) is 0 Å². The minimum absolute atomic E-state index is 0. The fourth-order valence-electron chi connectivity index (χ4n) is 3.18. The van der Waals surface area contributed by atoms with Crippen molar-refractivity contribution in [3.63, 3.8) is 0 Å². The van der Waals surface area contributed by atoms with Crippen LogP contribution in [0.15, 0.2) is 58.3 Å². The summed E-state index contributed by atoms with van der Waals surface area (Å²) in [5.41, 5.74) is 2.01. The van der Waals surface area contributed by atoms with Gasteiger partial charge in [-0.15, -0.1) is 12.4 Å². The van der Waals surface area contributed by atoms with Gasteiger partial charge in [-0.25, -0.2) is 6.57 Å². The highest BCUT2D eigenvalue weighted by atomic mass is 35.5. The Morgan fingerprint density at radius 3 is 2.50 bits per heavy atom. The van der Waals surface area contributed by atoms with E-state index in [9.17, 15) is 9.90 Å². The number of rotatable bonds is 7. The third-order valence-corrected chi connectivity index (χ3v) is 5.85. The second-order valence-corrected chi connectivity index (χ2v) is 7.50. The van der Waals surface area contributed by atoms with E-state index in [0.29, 0.717) is 13.1 Å². The smallest absolute Gasteiger partial charge is 0.300 e. The van der Waals surface area contributed by atoms with E-state index in [2.05, 4.69) is 10.2 Å². The number of benzene rings is 2. The molecule has 7 heteroatoms. The lowest BCUT2D eigenvalue weighted by Crippen LogP contribution is -2.39. The van der Waals surface area contributed by atoms with Gasteiger partial charge in [0.1, 0.15) is 0 Å². The number of carbonyl (C=O) groups is 1. The van der Waals surface area contributed by atoms with Crippen molar-refractivity contribution in [1.82, 2.24) is 10.2 Å². The molecule has 0 unspecified atom stereocenters. The zero-order valence-electron chi connectivity index (χ0n) is 15.5. The molecule has 1 saturated heterocycles. The molecule has 148 valence electrons. The largest absolute Gasteiger partial charge is 0.392 e. The van der Waals surface area contributed by atoms with Gasteiger partial charge in [0, 0.05) is 29.3 Å². The Labute approximate surface area is 176 Å². The number of nitrogens with zero attached hydrogens (tertiary/aromatic N) is 2. The van der Waals surface area contributed by atoms with E-state index in [4.69, 9.17) is 6.57 Å². The SMILES string of the molecule is Cl.[C-]#[N+][C@@H]1CCCN1C(=O)CNCc1ccccc1Sc1ccccc1CO. The lowest BCUT2D eigenvalue weighted by molar-refractivity contribution is -0.130. The van der Waals surface area contributed by atoms with Crippen LogP contribution in [0.5, 0.6) is 0 Å². The number of hydrogen-bond donors (Lipinski definition) is 2. The van der Waals surface area contributed by atoms with Gasteiger partial charge in [-0.2, -0.15) is 0 Å². The number of nitrogens with one attached hydrogen (secondary N) is 1. The molecule has 0 bridgehead atoms. The number of likely N-dealkylation sites (tertiary alicyclic amines) is 1. The number of amides is 1. The Morgan fingerprint density at radius 2 is 1.82 bits per heavy atom. The van der Waals surface area contributed by atoms with Gasteiger partial charge < -0.3 is 10.4 Å². The summed E-state index contributed by atoms with van der Waals surface area (Å²) in [5.74, 6) is -0.00994. The number of aliphatic hydroxyl groups excluding tert-OH is 1. The first-order valence-electron chi connectivity index (χ1n) is 9.04. The number of halogens is 1. The fourth-order valence-corrected chi connectivity index (χ4v) is 4.25. The molecule has 1 aliphatic rings. The summed E-state index contributed by atoms with van der Waals surface area (Å²) >= 11 is 1.62. The van der Waals surface area contributed by atoms with Gasteiger partial charge in [0.2, 0.25) is 5.91 Å². The minimum atomic E-state index is -0.294. The van der Waals surface area contributed by atoms with Crippen LogP contribution in [0.2, 0.25) is 0 Å². The van der Waals surface area contributed by atoms with Gasteiger partial charge in [-0.3, -0.25) is 14.5 Å². The molecule has 0 aromatic heterocycles. The molecule has 2 aromatic carbocycles. The van der Waals surface area contributed by atoms with Gasteiger partial charge >= 0.3 is 6.17 Å². The first-order valence-corrected chi connectivity index (χ1v) is 9.86. The zero-order chi connectivity index (χ0) is 19.1. The third kappa shape index (κ3) is 5.49. The molecule has 28 heavy (non-hydrogen) atoms. The van der Waals surface area contributed by atoms with Crippen LogP contribution < -0.4 is 5.32 Å². The predicted octanol–water partition coefficient (Wildman–Crippen LogP) is 3.71. The van der Waals surface area contributed by atoms with Crippen LogP contribution in [-0.2, 0) is 17.9 Å². The van der Waals surface area contributed by atoms with Gasteiger partial charge in [0.25, 0.3) is 0 Å². The average molecular weight is 418 g/mol. The van der Waals surface area contributed by atoms with E-state index in [1.54, 1.807) is 16.7 Å². The Balaban J connectivity index is 0.00000280. The summed E-state index contributed by atoms with van der Waals surface area (Å²) in [6, 6.07) is 15.9. The van der Waals surface area contributed by atoms with Gasteiger partial charge in [-0.1, -0.05) is 48.2 Å². The minimum Gasteiger partial charge on any atom is -0.392 e. The van der Waals surface area contributed by atoms with Crippen molar-refractivity contribution in [2.24, 2.45) is 0 Å². The lowest BCUT2D eigenvalue weighted by Gasteiger charge is -2.17. The molecular formula is C21H24ClN3O2S. The van der Waals surface area contributed by atoms with Gasteiger partial charge in [-0.05, 0) is 29.7 Å². The fraction of sp³-hybridized carbons (Fsp3) is 0.333. The number of hydrogen-bond acceptors (Lipinski definition) is 4. The molecule has 1 aliphatic heterocycles. The molecular weight excluding hydrogens is 394 g/mol. The van der Waals surface area contributed by atoms with E-state index in [1.165, 1.54) is 0 Å². The molecule has 2 N–H and O–H groups in total. The van der Waals surface area contributed by atoms with Gasteiger partial charge in [0.15, 0.2) is 0 Å². The zero-order valence-corrected chi connectivity index (χ0v) is 17.1. The predicted molar refractivity (Wildman–Crippen MR) is 113 cm³/mol. The third-order valence-electron chi connectivity index (χ3n) is 4.62. The summed E-state index contributed by atoms with van der Waals surface area (Å²) in [6.07, 6.45) is 1.39. The summed E-state index contributed by atoms with van der Waals surface area (Å²) < 4.78 is 0. The van der Waals surface area contributed by atoms with E-state index in [0.717, 1.165) is 33.8 Å². The molecule has 0 spiro atoms. The highest BCUT2D eigenvalue weighted by Gasteiger charge is 2.32. The molecule has 2 aromatic rings. The highest BCUT2D eigenvalue weighted by Crippen LogP contribution is 2.32. The first-order chi connectivity index (χ1) is 13.2. The Hall–Kier alpha value is -2.04. The van der Waals surface area contributed by atoms with E-state index in [1.807, 2.05) is 48.5 Å². The van der Waals surface area contributed by atoms with Crippen molar-refractivity contribution < 1.29 is 9.90 Å². The topological polar surface area (TPSA) is 56.9 Å². The standard InChI is InChI=1S/C21H23N3O2S.ClH/c1-22-20-11-6-12-24(20)21(26)14-23-13-16-7-2-4-9-18(16)27-19-10-5-3-8-17(19)15-25;/h2-5,7-10,20,23,25H,6,11-15H2;1H/t20-;/m0./s1. The van der Waals surface area contributed by atoms with Crippen LogP contribution in [0.4, 0.5) is 0 Å². The van der Waals surface area contributed by atoms with Crippen LogP contribution in [0.1, 0.15) is 24.0 Å². The average Bonchev–Trinajstić information content (AvgIpc) is 3.18. The maximum Gasteiger partial charge on any atom is 0.300 e. The Bertz CT molecular complexity index is 840. The molecule has 1 amide bonds. The van der Waals surface area contributed by atoms with Crippen molar-refractivity contribution in [3.05, 3.63) is 71.1 Å². The van der Waals surface area contributed by atoms with Crippen LogP contribution >= 0.6 is 24.2 Å². The summed E-state index contributed by atoms with van der Waals surface area (Å²) in [4.78, 5) is 19.7. The second kappa shape index (κ2) is 11.1. The second-order valence-electron chi connectivity index (χ2n) is 6.42. The van der Waals surface area contributed by atoms with Gasteiger partial charge in [0.05, 0.1) is 13.2 Å². The van der Waals surface area contributed by atoms with Crippen LogP contribution in [-0.4, -0.2) is 35.2 Å². The first kappa shape index (κ1) is 22.3. The molecule has 0 saturated carbocycles. The van der Waals surface area contributed by atoms with Crippen molar-refractivity contribution in [1.29, 1.82) is 0 Å². The maximum atomic E-state index is 12.4. The summed E-state index contributed by atoms with van der Waals surface area (Å²) in [5, 5.41) is 12.7. The molecule has 1 fully saturated rings. The monoisotopic (exact) mass is 417 g/mol. The highest BCUT2D eigenvalue weighted by molar-refractivity contribution is 7.99. The van der Waals surface area contributed by atoms with Crippen LogP contribution in [0, 0.1) is 6.57 Å². The Kier molecular flexibility index (Phi) is 8.81. The molecule has 5 nitrogen and oxygen atoms in total. The maximum absolute atomic E-state index is 12.4. The molecule has 0 aliphatic carbocycles. The molecule has 3 rings (SSSR count). The van der Waals surface area contributed by atoms with Crippen molar-refractivity contribution in [2.45, 2.75) is 42.0 Å². The molecule has 0 radical (unpaired) electrons. The summed E-state index contributed by atoms with van der Waals surface area (Å²) in [6.45, 7) is 8.69. The molecule has 1 heterocycles. The quantitative estimate of drug-likeness (QED) is 0.674. The molecule has 1 atom stereocenters. The number of carbonyl (C=O) groups excluding carboxylic acids is 1. The van der Waals surface area contributed by atoms with Crippen LogP contribution in [0.25, 0.3) is 4.85 Å². The van der Waals surface area contributed by atoms with E-state index < -0.39 is 0 Å².